The number of hydrogen-bond acceptors (Lipinski definition) is 2. The lowest BCUT2D eigenvalue weighted by Crippen LogP contribution is -2.41. The first kappa shape index (κ1) is 43.9. The molecular weight excluding hydrogens is 685 g/mol. The van der Waals surface area contributed by atoms with Crippen LogP contribution in [0, 0.1) is 5.92 Å². The molecule has 3 heteroatoms. The van der Waals surface area contributed by atoms with Crippen molar-refractivity contribution in [2.75, 3.05) is 13.7 Å². The Hall–Kier alpha value is -3.82. The van der Waals surface area contributed by atoms with Crippen LogP contribution in [0.5, 0.6) is 11.5 Å². The van der Waals surface area contributed by atoms with Gasteiger partial charge in [-0.05, 0) is 76.9 Å². The van der Waals surface area contributed by atoms with Crippen molar-refractivity contribution in [3.8, 4) is 33.8 Å². The minimum Gasteiger partial charge on any atom is -0.496 e. The molecule has 0 bridgehead atoms. The standard InChI is InChI=1S/C52H72O2Si/c1-8-12-14-15-16-17-18-19-20-23-37-55(6,7)49-29-24-28-46(38-49)50-30-22-21-27-43(50)31-32-47-39-51(45(25-10-3)40-52(47)53-5)44-33-35-48(36-34-44)54-41-42(11-4)26-13-9-2/h10,21-22,24-25,27-36,38-40,42H,8-9,11-20,23,26,37,41H2,1-7H3/b25-10+,32-31+. The van der Waals surface area contributed by atoms with Crippen LogP contribution in [-0.2, 0) is 0 Å². The van der Waals surface area contributed by atoms with Crippen LogP contribution >= 0.6 is 0 Å². The number of rotatable bonds is 25. The third-order valence-electron chi connectivity index (χ3n) is 11.5. The summed E-state index contributed by atoms with van der Waals surface area (Å²) in [4.78, 5) is 0. The molecule has 0 N–H and O–H groups in total. The average molecular weight is 757 g/mol. The summed E-state index contributed by atoms with van der Waals surface area (Å²) in [7, 11) is 0.212. The van der Waals surface area contributed by atoms with Gasteiger partial charge >= 0.3 is 0 Å². The zero-order chi connectivity index (χ0) is 39.3. The SMILES string of the molecule is C/C=C/c1cc(OC)c(/C=C/c2ccccc2-c2cccc([Si](C)(C)CCCCCCCCCCCC)c2)cc1-c1ccc(OCC(CC)CCCC)cc1. The minimum atomic E-state index is -1.55. The summed E-state index contributed by atoms with van der Waals surface area (Å²) in [6.45, 7) is 14.8. The lowest BCUT2D eigenvalue weighted by Gasteiger charge is -2.24. The van der Waals surface area contributed by atoms with Crippen molar-refractivity contribution < 1.29 is 9.47 Å². The van der Waals surface area contributed by atoms with Crippen molar-refractivity contribution >= 4 is 31.5 Å². The van der Waals surface area contributed by atoms with Gasteiger partial charge in [0.2, 0.25) is 0 Å². The molecule has 0 amide bonds. The van der Waals surface area contributed by atoms with E-state index in [9.17, 15) is 0 Å². The Balaban J connectivity index is 1.49. The van der Waals surface area contributed by atoms with Crippen molar-refractivity contribution in [2.24, 2.45) is 5.92 Å². The predicted molar refractivity (Wildman–Crippen MR) is 247 cm³/mol. The summed E-state index contributed by atoms with van der Waals surface area (Å²) >= 11 is 0. The second kappa shape index (κ2) is 24.0. The maximum atomic E-state index is 6.25. The van der Waals surface area contributed by atoms with Gasteiger partial charge in [0.1, 0.15) is 11.5 Å². The fourth-order valence-corrected chi connectivity index (χ4v) is 10.2. The van der Waals surface area contributed by atoms with Crippen LogP contribution in [0.25, 0.3) is 40.5 Å². The maximum Gasteiger partial charge on any atom is 0.126 e. The molecule has 0 saturated heterocycles. The van der Waals surface area contributed by atoms with Crippen molar-refractivity contribution in [3.05, 3.63) is 108 Å². The average Bonchev–Trinajstić information content (AvgIpc) is 3.21. The second-order valence-corrected chi connectivity index (χ2v) is 21.1. The summed E-state index contributed by atoms with van der Waals surface area (Å²) in [5.41, 5.74) is 8.31. The van der Waals surface area contributed by atoms with Gasteiger partial charge in [0, 0.05) is 5.56 Å². The van der Waals surface area contributed by atoms with Gasteiger partial charge in [0.15, 0.2) is 0 Å². The Morgan fingerprint density at radius 1 is 0.600 bits per heavy atom. The summed E-state index contributed by atoms with van der Waals surface area (Å²) in [6, 6.07) is 32.6. The van der Waals surface area contributed by atoms with Gasteiger partial charge in [-0.2, -0.15) is 0 Å². The predicted octanol–water partition coefficient (Wildman–Crippen LogP) is 15.7. The van der Waals surface area contributed by atoms with E-state index < -0.39 is 8.07 Å². The van der Waals surface area contributed by atoms with Gasteiger partial charge in [0.25, 0.3) is 0 Å². The highest BCUT2D eigenvalue weighted by Crippen LogP contribution is 2.35. The van der Waals surface area contributed by atoms with Crippen molar-refractivity contribution in [2.45, 2.75) is 137 Å². The van der Waals surface area contributed by atoms with Gasteiger partial charge in [-0.25, -0.2) is 0 Å². The first-order valence-electron chi connectivity index (χ1n) is 21.8. The fraction of sp³-hybridized carbons (Fsp3) is 0.462. The number of unbranched alkanes of at least 4 members (excludes halogenated alkanes) is 10. The van der Waals surface area contributed by atoms with Gasteiger partial charge in [-0.15, -0.1) is 0 Å². The zero-order valence-electron chi connectivity index (χ0n) is 35.6. The normalized spacial score (nSPS) is 12.5. The second-order valence-electron chi connectivity index (χ2n) is 16.3. The first-order chi connectivity index (χ1) is 26.8. The van der Waals surface area contributed by atoms with Crippen LogP contribution in [0.3, 0.4) is 0 Å². The number of ether oxygens (including phenoxy) is 2. The van der Waals surface area contributed by atoms with E-state index in [2.05, 4.69) is 150 Å². The Morgan fingerprint density at radius 2 is 1.27 bits per heavy atom. The Bertz CT molecular complexity index is 1750. The van der Waals surface area contributed by atoms with E-state index in [1.54, 1.807) is 12.3 Å². The third-order valence-corrected chi connectivity index (χ3v) is 14.9. The van der Waals surface area contributed by atoms with E-state index in [4.69, 9.17) is 9.47 Å². The van der Waals surface area contributed by atoms with Crippen LogP contribution in [-0.4, -0.2) is 21.8 Å². The van der Waals surface area contributed by atoms with Crippen LogP contribution in [0.2, 0.25) is 19.1 Å². The molecule has 0 aliphatic rings. The van der Waals surface area contributed by atoms with E-state index in [-0.39, 0.29) is 0 Å². The molecule has 0 aliphatic carbocycles. The smallest absolute Gasteiger partial charge is 0.126 e. The molecule has 0 saturated carbocycles. The topological polar surface area (TPSA) is 18.5 Å². The van der Waals surface area contributed by atoms with Gasteiger partial charge in [-0.1, -0.05) is 214 Å². The van der Waals surface area contributed by atoms with E-state index in [1.807, 2.05) is 0 Å². The zero-order valence-corrected chi connectivity index (χ0v) is 36.6. The Morgan fingerprint density at radius 3 is 1.95 bits per heavy atom. The van der Waals surface area contributed by atoms with E-state index in [0.29, 0.717) is 5.92 Å². The molecule has 0 aliphatic heterocycles. The van der Waals surface area contributed by atoms with Crippen LogP contribution in [0.4, 0.5) is 0 Å². The van der Waals surface area contributed by atoms with Crippen LogP contribution < -0.4 is 14.7 Å². The summed E-state index contributed by atoms with van der Waals surface area (Å²) in [5, 5.41) is 1.56. The molecular formula is C52H72O2Si. The molecule has 1 unspecified atom stereocenters. The molecule has 0 aromatic heterocycles. The van der Waals surface area contributed by atoms with Crippen LogP contribution in [0.15, 0.2) is 91.0 Å². The van der Waals surface area contributed by atoms with E-state index >= 15 is 0 Å². The lowest BCUT2D eigenvalue weighted by atomic mass is 9.94. The Kier molecular flexibility index (Phi) is 19.1. The molecule has 4 rings (SSSR count). The number of allylic oxidation sites excluding steroid dienone is 1. The van der Waals surface area contributed by atoms with Crippen molar-refractivity contribution in [1.82, 2.24) is 0 Å². The molecule has 4 aromatic carbocycles. The van der Waals surface area contributed by atoms with E-state index in [1.165, 1.54) is 112 Å². The van der Waals surface area contributed by atoms with Gasteiger partial charge < -0.3 is 9.47 Å². The molecule has 4 aromatic rings. The molecule has 0 fully saturated rings. The van der Waals surface area contributed by atoms with Crippen molar-refractivity contribution in [1.29, 1.82) is 0 Å². The van der Waals surface area contributed by atoms with Crippen LogP contribution in [0.1, 0.15) is 134 Å². The van der Waals surface area contributed by atoms with Gasteiger partial charge in [-0.3, -0.25) is 0 Å². The fourth-order valence-electron chi connectivity index (χ4n) is 7.72. The maximum absolute atomic E-state index is 6.25. The molecule has 55 heavy (non-hydrogen) atoms. The number of methoxy groups -OCH3 is 1. The first-order valence-corrected chi connectivity index (χ1v) is 25.0. The minimum absolute atomic E-state index is 0.610. The largest absolute Gasteiger partial charge is 0.496 e. The van der Waals surface area contributed by atoms with Gasteiger partial charge in [0.05, 0.1) is 21.8 Å². The quantitative estimate of drug-likeness (QED) is 0.0381. The highest BCUT2D eigenvalue weighted by atomic mass is 28.3. The molecule has 2 nitrogen and oxygen atoms in total. The summed E-state index contributed by atoms with van der Waals surface area (Å²) < 4.78 is 12.2. The molecule has 0 radical (unpaired) electrons. The molecule has 0 spiro atoms. The third kappa shape index (κ3) is 14.0. The number of benzene rings is 4. The Labute approximate surface area is 337 Å². The number of hydrogen-bond donors (Lipinski definition) is 0. The molecule has 1 atom stereocenters. The summed E-state index contributed by atoms with van der Waals surface area (Å²) in [6.07, 6.45) is 27.6. The molecule has 0 heterocycles. The lowest BCUT2D eigenvalue weighted by molar-refractivity contribution is 0.233. The monoisotopic (exact) mass is 757 g/mol. The van der Waals surface area contributed by atoms with E-state index in [0.717, 1.165) is 41.2 Å². The highest BCUT2D eigenvalue weighted by molar-refractivity contribution is 6.89. The summed E-state index contributed by atoms with van der Waals surface area (Å²) in [5.74, 6) is 2.41. The molecule has 296 valence electrons. The highest BCUT2D eigenvalue weighted by Gasteiger charge is 2.23. The van der Waals surface area contributed by atoms with Crippen molar-refractivity contribution in [3.63, 3.8) is 0 Å².